The van der Waals surface area contributed by atoms with Crippen molar-refractivity contribution in [1.29, 1.82) is 0 Å². The normalized spacial score (nSPS) is 11.4. The predicted molar refractivity (Wildman–Crippen MR) is 135 cm³/mol. The number of fused-ring (bicyclic) bond motifs is 1. The van der Waals surface area contributed by atoms with E-state index in [2.05, 4.69) is 34.0 Å². The van der Waals surface area contributed by atoms with Gasteiger partial charge in [-0.2, -0.15) is 0 Å². The number of aryl methyl sites for hydroxylation is 1. The van der Waals surface area contributed by atoms with Gasteiger partial charge in [0.15, 0.2) is 0 Å². The summed E-state index contributed by atoms with van der Waals surface area (Å²) in [5, 5.41) is 3.26. The Morgan fingerprint density at radius 2 is 1.82 bits per heavy atom. The third-order valence-corrected chi connectivity index (χ3v) is 6.62. The van der Waals surface area contributed by atoms with Crippen molar-refractivity contribution in [3.63, 3.8) is 0 Å². The number of thiophene rings is 1. The summed E-state index contributed by atoms with van der Waals surface area (Å²) in [5.41, 5.74) is 1.30. The topological polar surface area (TPSA) is 108 Å². The van der Waals surface area contributed by atoms with Crippen LogP contribution in [0, 0.1) is 6.92 Å². The molecule has 0 aliphatic carbocycles. The first-order chi connectivity index (χ1) is 16.2. The number of benzene rings is 1. The van der Waals surface area contributed by atoms with Gasteiger partial charge in [0.2, 0.25) is 0 Å². The van der Waals surface area contributed by atoms with Gasteiger partial charge in [-0.15, -0.1) is 11.3 Å². The maximum Gasteiger partial charge on any atom is 0.338 e. The van der Waals surface area contributed by atoms with E-state index in [9.17, 15) is 14.4 Å². The Hall–Kier alpha value is -3.08. The first kappa shape index (κ1) is 25.5. The lowest BCUT2D eigenvalue weighted by molar-refractivity contribution is 0.0466. The SMILES string of the molecule is CCN(CC)CCOC(=O)c1ccc(NC(=O)c2sc3nc(CN(C)C)[nH]c(=O)c3c2C)cc1. The lowest BCUT2D eigenvalue weighted by Gasteiger charge is -2.17. The van der Waals surface area contributed by atoms with Crippen LogP contribution in [-0.2, 0) is 11.3 Å². The highest BCUT2D eigenvalue weighted by atomic mass is 32.1. The highest BCUT2D eigenvalue weighted by Gasteiger charge is 2.20. The van der Waals surface area contributed by atoms with Crippen molar-refractivity contribution in [3.8, 4) is 0 Å². The molecular weight excluding hydrogens is 454 g/mol. The quantitative estimate of drug-likeness (QED) is 0.425. The van der Waals surface area contributed by atoms with E-state index in [4.69, 9.17) is 4.74 Å². The third kappa shape index (κ3) is 6.07. The van der Waals surface area contributed by atoms with Crippen LogP contribution in [0.2, 0.25) is 0 Å². The molecule has 0 unspecified atom stereocenters. The Labute approximate surface area is 202 Å². The monoisotopic (exact) mass is 485 g/mol. The molecule has 3 rings (SSSR count). The second kappa shape index (κ2) is 11.4. The minimum Gasteiger partial charge on any atom is -0.461 e. The summed E-state index contributed by atoms with van der Waals surface area (Å²) in [6.45, 7) is 9.20. The van der Waals surface area contributed by atoms with Gasteiger partial charge in [-0.1, -0.05) is 13.8 Å². The first-order valence-corrected chi connectivity index (χ1v) is 12.0. The summed E-state index contributed by atoms with van der Waals surface area (Å²) in [6, 6.07) is 6.55. The number of carbonyl (C=O) groups is 2. The second-order valence-corrected chi connectivity index (χ2v) is 9.18. The number of anilines is 1. The van der Waals surface area contributed by atoms with Crippen LogP contribution in [0.1, 0.15) is 45.3 Å². The zero-order valence-electron chi connectivity index (χ0n) is 20.2. The number of nitrogens with zero attached hydrogens (tertiary/aromatic N) is 3. The fourth-order valence-electron chi connectivity index (χ4n) is 3.55. The summed E-state index contributed by atoms with van der Waals surface area (Å²) in [6.07, 6.45) is 0. The van der Waals surface area contributed by atoms with Crippen molar-refractivity contribution in [2.24, 2.45) is 0 Å². The number of esters is 1. The van der Waals surface area contributed by atoms with Crippen molar-refractivity contribution in [3.05, 3.63) is 56.4 Å². The van der Waals surface area contributed by atoms with E-state index in [-0.39, 0.29) is 11.5 Å². The van der Waals surface area contributed by atoms with Gasteiger partial charge in [-0.25, -0.2) is 9.78 Å². The molecule has 0 fully saturated rings. The van der Waals surface area contributed by atoms with Gasteiger partial charge in [0.05, 0.1) is 22.4 Å². The average molecular weight is 486 g/mol. The van der Waals surface area contributed by atoms with E-state index in [1.165, 1.54) is 11.3 Å². The molecule has 1 amide bonds. The molecule has 0 saturated carbocycles. The number of hydrogen-bond acceptors (Lipinski definition) is 8. The van der Waals surface area contributed by atoms with Crippen molar-refractivity contribution in [2.75, 3.05) is 45.7 Å². The van der Waals surface area contributed by atoms with Gasteiger partial charge in [0, 0.05) is 12.2 Å². The lowest BCUT2D eigenvalue weighted by Crippen LogP contribution is -2.27. The van der Waals surface area contributed by atoms with Crippen LogP contribution in [0.25, 0.3) is 10.2 Å². The second-order valence-electron chi connectivity index (χ2n) is 8.18. The summed E-state index contributed by atoms with van der Waals surface area (Å²) >= 11 is 1.19. The number of hydrogen-bond donors (Lipinski definition) is 2. The Morgan fingerprint density at radius 3 is 2.44 bits per heavy atom. The Balaban J connectivity index is 1.68. The molecule has 0 bridgehead atoms. The molecule has 3 aromatic rings. The number of nitrogens with one attached hydrogen (secondary N) is 2. The molecule has 2 aromatic heterocycles. The predicted octanol–water partition coefficient (Wildman–Crippen LogP) is 3.11. The van der Waals surface area contributed by atoms with E-state index in [0.717, 1.165) is 13.1 Å². The highest BCUT2D eigenvalue weighted by Crippen LogP contribution is 2.28. The third-order valence-electron chi connectivity index (χ3n) is 5.44. The van der Waals surface area contributed by atoms with Crippen LogP contribution in [0.15, 0.2) is 29.1 Å². The molecule has 0 atom stereocenters. The zero-order chi connectivity index (χ0) is 24.8. The molecule has 0 radical (unpaired) electrons. The Morgan fingerprint density at radius 1 is 1.15 bits per heavy atom. The van der Waals surface area contributed by atoms with E-state index >= 15 is 0 Å². The van der Waals surface area contributed by atoms with Crippen molar-refractivity contribution < 1.29 is 14.3 Å². The summed E-state index contributed by atoms with van der Waals surface area (Å²) in [7, 11) is 3.78. The molecule has 182 valence electrons. The Kier molecular flexibility index (Phi) is 8.54. The number of amides is 1. The van der Waals surface area contributed by atoms with E-state index in [1.54, 1.807) is 31.2 Å². The van der Waals surface area contributed by atoms with Gasteiger partial charge in [-0.3, -0.25) is 9.59 Å². The fourth-order valence-corrected chi connectivity index (χ4v) is 4.64. The smallest absolute Gasteiger partial charge is 0.338 e. The molecule has 0 saturated heterocycles. The highest BCUT2D eigenvalue weighted by molar-refractivity contribution is 7.20. The van der Waals surface area contributed by atoms with E-state index < -0.39 is 5.97 Å². The van der Waals surface area contributed by atoms with Crippen LogP contribution in [0.3, 0.4) is 0 Å². The minimum absolute atomic E-state index is 0.251. The standard InChI is InChI=1S/C24H31N5O4S/c1-6-29(7-2)12-13-33-24(32)16-8-10-17(11-9-16)25-22(31)20-15(3)19-21(30)26-18(14-28(4)5)27-23(19)34-20/h8-11H,6-7,12-14H2,1-5H3,(H,25,31)(H,26,27,30). The molecule has 0 aliphatic heterocycles. The van der Waals surface area contributed by atoms with Crippen LogP contribution in [0.4, 0.5) is 5.69 Å². The molecule has 0 spiro atoms. The van der Waals surface area contributed by atoms with Gasteiger partial charge in [0.1, 0.15) is 17.3 Å². The summed E-state index contributed by atoms with van der Waals surface area (Å²) in [4.78, 5) is 50.1. The average Bonchev–Trinajstić information content (AvgIpc) is 3.13. The van der Waals surface area contributed by atoms with Crippen LogP contribution < -0.4 is 10.9 Å². The van der Waals surface area contributed by atoms with Crippen LogP contribution in [0.5, 0.6) is 0 Å². The summed E-state index contributed by atoms with van der Waals surface area (Å²) < 4.78 is 5.34. The maximum atomic E-state index is 12.9. The number of aromatic nitrogens is 2. The minimum atomic E-state index is -0.399. The summed E-state index contributed by atoms with van der Waals surface area (Å²) in [5.74, 6) is -0.178. The molecule has 2 N–H and O–H groups in total. The number of rotatable bonds is 10. The number of likely N-dealkylation sites (N-methyl/N-ethyl adjacent to an activating group) is 1. The largest absolute Gasteiger partial charge is 0.461 e. The maximum absolute atomic E-state index is 12.9. The van der Waals surface area contributed by atoms with E-state index in [1.807, 2.05) is 19.0 Å². The molecule has 2 heterocycles. The van der Waals surface area contributed by atoms with Gasteiger partial charge >= 0.3 is 5.97 Å². The van der Waals surface area contributed by atoms with Crippen molar-refractivity contribution in [2.45, 2.75) is 27.3 Å². The van der Waals surface area contributed by atoms with Crippen LogP contribution >= 0.6 is 11.3 Å². The zero-order valence-corrected chi connectivity index (χ0v) is 21.0. The molecule has 0 aliphatic rings. The van der Waals surface area contributed by atoms with Gasteiger partial charge in [0.25, 0.3) is 11.5 Å². The molecule has 10 heteroatoms. The fraction of sp³-hybridized carbons (Fsp3) is 0.417. The van der Waals surface area contributed by atoms with Gasteiger partial charge in [-0.05, 0) is 63.9 Å². The first-order valence-electron chi connectivity index (χ1n) is 11.2. The van der Waals surface area contributed by atoms with Crippen LogP contribution in [-0.4, -0.2) is 72.0 Å². The number of H-pyrrole nitrogens is 1. The van der Waals surface area contributed by atoms with Gasteiger partial charge < -0.3 is 24.8 Å². The van der Waals surface area contributed by atoms with Crippen molar-refractivity contribution in [1.82, 2.24) is 19.8 Å². The molecule has 34 heavy (non-hydrogen) atoms. The Bertz CT molecular complexity index is 1210. The number of aromatic amines is 1. The van der Waals surface area contributed by atoms with Crippen molar-refractivity contribution >= 4 is 39.1 Å². The molecular formula is C24H31N5O4S. The number of carbonyl (C=O) groups excluding carboxylic acids is 2. The van der Waals surface area contributed by atoms with E-state index in [0.29, 0.717) is 57.4 Å². The lowest BCUT2D eigenvalue weighted by atomic mass is 10.2. The molecule has 1 aromatic carbocycles. The number of ether oxygens (including phenoxy) is 1. The molecule has 9 nitrogen and oxygen atoms in total.